The van der Waals surface area contributed by atoms with Crippen LogP contribution < -0.4 is 9.62 Å². The fourth-order valence-corrected chi connectivity index (χ4v) is 6.15. The minimum Gasteiger partial charge on any atom is -0.353 e. The van der Waals surface area contributed by atoms with Crippen molar-refractivity contribution in [3.8, 4) is 0 Å². The number of pyridine rings is 1. The van der Waals surface area contributed by atoms with E-state index in [2.05, 4.69) is 23.4 Å². The number of amides is 1. The van der Waals surface area contributed by atoms with Gasteiger partial charge >= 0.3 is 0 Å². The molecule has 1 atom stereocenters. The number of rotatable bonds is 7. The van der Waals surface area contributed by atoms with Gasteiger partial charge < -0.3 is 9.80 Å². The zero-order valence-corrected chi connectivity index (χ0v) is 20.5. The Balaban J connectivity index is 1.37. The molecule has 1 aliphatic heterocycles. The minimum atomic E-state index is -4.03. The average molecular weight is 509 g/mol. The summed E-state index contributed by atoms with van der Waals surface area (Å²) in [7, 11) is -4.03. The van der Waals surface area contributed by atoms with Crippen molar-refractivity contribution in [3.63, 3.8) is 0 Å². The lowest BCUT2D eigenvalue weighted by Gasteiger charge is -2.37. The molecule has 1 N–H and O–H groups in total. The molecule has 11 heteroatoms. The summed E-state index contributed by atoms with van der Waals surface area (Å²) in [6, 6.07) is 19.0. The minimum absolute atomic E-state index is 0.0228. The Hall–Kier alpha value is -3.41. The molecule has 0 saturated carbocycles. The van der Waals surface area contributed by atoms with Crippen LogP contribution in [0.4, 0.5) is 5.82 Å². The Kier molecular flexibility index (Phi) is 6.71. The highest BCUT2D eigenvalue weighted by Crippen LogP contribution is 2.22. The maximum atomic E-state index is 13.6. The van der Waals surface area contributed by atoms with Gasteiger partial charge in [0.1, 0.15) is 27.8 Å². The molecule has 1 amide bonds. The van der Waals surface area contributed by atoms with Crippen molar-refractivity contribution in [2.75, 3.05) is 31.1 Å². The number of hydrogen-bond acceptors (Lipinski definition) is 8. The summed E-state index contributed by atoms with van der Waals surface area (Å²) in [5.41, 5.74) is 1.68. The molecule has 1 fully saturated rings. The molecule has 5 rings (SSSR count). The highest BCUT2D eigenvalue weighted by atomic mass is 32.2. The Labute approximate surface area is 207 Å². The predicted octanol–water partition coefficient (Wildman–Crippen LogP) is 2.32. The predicted molar refractivity (Wildman–Crippen MR) is 135 cm³/mol. The van der Waals surface area contributed by atoms with Gasteiger partial charge in [-0.1, -0.05) is 42.5 Å². The van der Waals surface area contributed by atoms with E-state index in [1.807, 2.05) is 48.5 Å². The fourth-order valence-electron chi connectivity index (χ4n) is 4.20. The van der Waals surface area contributed by atoms with E-state index in [1.165, 1.54) is 6.07 Å². The molecule has 4 aromatic rings. The van der Waals surface area contributed by atoms with Crippen molar-refractivity contribution in [1.29, 1.82) is 0 Å². The second-order valence-electron chi connectivity index (χ2n) is 8.25. The van der Waals surface area contributed by atoms with Gasteiger partial charge in [0.15, 0.2) is 0 Å². The Morgan fingerprint density at radius 1 is 0.943 bits per heavy atom. The van der Waals surface area contributed by atoms with E-state index in [0.29, 0.717) is 37.2 Å². The Morgan fingerprint density at radius 3 is 2.46 bits per heavy atom. The lowest BCUT2D eigenvalue weighted by atomic mass is 10.1. The number of nitrogens with zero attached hydrogens (tertiary/aromatic N) is 5. The smallest absolute Gasteiger partial charge is 0.243 e. The fraction of sp³-hybridized carbons (Fsp3) is 0.250. The van der Waals surface area contributed by atoms with Crippen molar-refractivity contribution < 1.29 is 13.2 Å². The quantitative estimate of drug-likeness (QED) is 0.408. The number of benzene rings is 2. The molecule has 1 aliphatic rings. The van der Waals surface area contributed by atoms with E-state index in [1.54, 1.807) is 23.2 Å². The van der Waals surface area contributed by atoms with E-state index >= 15 is 0 Å². The van der Waals surface area contributed by atoms with Crippen LogP contribution >= 0.6 is 11.7 Å². The van der Waals surface area contributed by atoms with E-state index in [9.17, 15) is 13.2 Å². The van der Waals surface area contributed by atoms with Crippen LogP contribution in [0.25, 0.3) is 11.0 Å². The molecule has 3 heterocycles. The van der Waals surface area contributed by atoms with Crippen molar-refractivity contribution >= 4 is 44.5 Å². The van der Waals surface area contributed by atoms with Crippen LogP contribution in [0.1, 0.15) is 5.56 Å². The number of nitrogens with one attached hydrogen (secondary N) is 1. The Morgan fingerprint density at radius 2 is 1.71 bits per heavy atom. The first-order valence-electron chi connectivity index (χ1n) is 11.2. The number of hydrogen-bond donors (Lipinski definition) is 1. The topological polar surface area (TPSA) is 108 Å². The van der Waals surface area contributed by atoms with Gasteiger partial charge in [-0.3, -0.25) is 4.79 Å². The summed E-state index contributed by atoms with van der Waals surface area (Å²) < 4.78 is 37.8. The number of anilines is 1. The molecular weight excluding hydrogens is 484 g/mol. The maximum Gasteiger partial charge on any atom is 0.243 e. The van der Waals surface area contributed by atoms with E-state index in [-0.39, 0.29) is 17.2 Å². The lowest BCUT2D eigenvalue weighted by molar-refractivity contribution is -0.133. The summed E-state index contributed by atoms with van der Waals surface area (Å²) in [6.07, 6.45) is 1.99. The van der Waals surface area contributed by atoms with Crippen molar-refractivity contribution in [1.82, 2.24) is 23.4 Å². The summed E-state index contributed by atoms with van der Waals surface area (Å²) >= 11 is 0.955. The standard InChI is InChI=1S/C24H24N6O3S2/c31-24(30-15-13-29(14-16-30)22-11-4-5-12-25-22)20(17-18-7-2-1-3-8-18)28-35(32,33)21-10-6-9-19-23(21)27-34-26-19/h1-12,20,28H,13-17H2/t20-/m0/s1. The van der Waals surface area contributed by atoms with E-state index in [4.69, 9.17) is 0 Å². The van der Waals surface area contributed by atoms with Gasteiger partial charge in [-0.25, -0.2) is 13.4 Å². The molecule has 9 nitrogen and oxygen atoms in total. The normalized spacial score (nSPS) is 15.3. The number of carbonyl (C=O) groups is 1. The van der Waals surface area contributed by atoms with Gasteiger partial charge in [-0.05, 0) is 36.2 Å². The van der Waals surface area contributed by atoms with Crippen molar-refractivity contribution in [2.24, 2.45) is 0 Å². The van der Waals surface area contributed by atoms with Gasteiger partial charge in [0.2, 0.25) is 15.9 Å². The van der Waals surface area contributed by atoms with Crippen molar-refractivity contribution in [2.45, 2.75) is 17.4 Å². The van der Waals surface area contributed by atoms with Gasteiger partial charge in [-0.2, -0.15) is 13.5 Å². The van der Waals surface area contributed by atoms with E-state index < -0.39 is 16.1 Å². The summed E-state index contributed by atoms with van der Waals surface area (Å²) in [6.45, 7) is 2.21. The maximum absolute atomic E-state index is 13.6. The highest BCUT2D eigenvalue weighted by molar-refractivity contribution is 7.89. The molecule has 2 aromatic heterocycles. The number of piperazine rings is 1. The largest absolute Gasteiger partial charge is 0.353 e. The zero-order valence-electron chi connectivity index (χ0n) is 18.8. The third kappa shape index (κ3) is 5.16. The number of fused-ring (bicyclic) bond motifs is 1. The molecule has 0 aliphatic carbocycles. The lowest BCUT2D eigenvalue weighted by Crippen LogP contribution is -2.55. The third-order valence-electron chi connectivity index (χ3n) is 5.98. The van der Waals surface area contributed by atoms with Crippen LogP contribution in [0, 0.1) is 0 Å². The molecule has 0 spiro atoms. The molecule has 0 bridgehead atoms. The van der Waals surface area contributed by atoms with Gasteiger partial charge in [0.05, 0.1) is 11.7 Å². The first-order valence-corrected chi connectivity index (χ1v) is 13.4. The van der Waals surface area contributed by atoms with E-state index in [0.717, 1.165) is 23.1 Å². The third-order valence-corrected chi connectivity index (χ3v) is 8.03. The molecular formula is C24H24N6O3S2. The van der Waals surface area contributed by atoms with Crippen LogP contribution in [0.3, 0.4) is 0 Å². The second-order valence-corrected chi connectivity index (χ2v) is 10.5. The summed E-state index contributed by atoms with van der Waals surface area (Å²) in [5.74, 6) is 0.618. The SMILES string of the molecule is O=C([C@H](Cc1ccccc1)NS(=O)(=O)c1cccc2nsnc12)N1CCN(c2ccccn2)CC1. The monoisotopic (exact) mass is 508 g/mol. The number of carbonyl (C=O) groups excluding carboxylic acids is 1. The van der Waals surface area contributed by atoms with Crippen LogP contribution in [0.15, 0.2) is 77.8 Å². The van der Waals surface area contributed by atoms with Crippen LogP contribution in [-0.4, -0.2) is 65.2 Å². The molecule has 0 unspecified atom stereocenters. The second kappa shape index (κ2) is 10.1. The van der Waals surface area contributed by atoms with Crippen LogP contribution in [0.5, 0.6) is 0 Å². The number of sulfonamides is 1. The van der Waals surface area contributed by atoms with Crippen LogP contribution in [-0.2, 0) is 21.2 Å². The molecule has 180 valence electrons. The number of aromatic nitrogens is 3. The highest BCUT2D eigenvalue weighted by Gasteiger charge is 2.32. The molecule has 0 radical (unpaired) electrons. The van der Waals surface area contributed by atoms with Gasteiger partial charge in [0, 0.05) is 32.4 Å². The Bertz CT molecular complexity index is 1410. The first kappa shape index (κ1) is 23.3. The summed E-state index contributed by atoms with van der Waals surface area (Å²) in [5, 5.41) is 0. The molecule has 35 heavy (non-hydrogen) atoms. The molecule has 1 saturated heterocycles. The van der Waals surface area contributed by atoms with Gasteiger partial charge in [0.25, 0.3) is 0 Å². The van der Waals surface area contributed by atoms with Crippen molar-refractivity contribution in [3.05, 3.63) is 78.5 Å². The zero-order chi connectivity index (χ0) is 24.3. The average Bonchev–Trinajstić information content (AvgIpc) is 3.38. The summed E-state index contributed by atoms with van der Waals surface area (Å²) in [4.78, 5) is 21.9. The van der Waals surface area contributed by atoms with Crippen LogP contribution in [0.2, 0.25) is 0 Å². The first-order chi connectivity index (χ1) is 17.0. The molecule has 2 aromatic carbocycles. The van der Waals surface area contributed by atoms with Gasteiger partial charge in [-0.15, -0.1) is 0 Å².